The molecule has 0 spiro atoms. The minimum atomic E-state index is -3.33. The highest BCUT2D eigenvalue weighted by Crippen LogP contribution is 2.30. The Morgan fingerprint density at radius 3 is 2.85 bits per heavy atom. The first-order valence-corrected chi connectivity index (χ1v) is 10.4. The highest BCUT2D eigenvalue weighted by molar-refractivity contribution is 7.92. The van der Waals surface area contributed by atoms with E-state index >= 15 is 0 Å². The summed E-state index contributed by atoms with van der Waals surface area (Å²) in [5.74, 6) is -0.259. The molecule has 1 N–H and O–H groups in total. The minimum Gasteiger partial charge on any atom is -0.321 e. The molecule has 8 heteroatoms. The number of pyridine rings is 2. The summed E-state index contributed by atoms with van der Waals surface area (Å²) in [5, 5.41) is 3.66. The van der Waals surface area contributed by atoms with Gasteiger partial charge in [-0.3, -0.25) is 19.1 Å². The number of carbonyl (C=O) groups excluding carboxylic acids is 1. The van der Waals surface area contributed by atoms with Crippen molar-refractivity contribution in [2.24, 2.45) is 0 Å². The molecule has 0 unspecified atom stereocenters. The number of aryl methyl sites for hydroxylation is 1. The van der Waals surface area contributed by atoms with Crippen LogP contribution in [-0.4, -0.2) is 37.1 Å². The highest BCUT2D eigenvalue weighted by Gasteiger charge is 2.24. The monoisotopic (exact) mass is 382 g/mol. The van der Waals surface area contributed by atoms with Crippen molar-refractivity contribution in [3.63, 3.8) is 0 Å². The molecule has 2 aromatic heterocycles. The van der Waals surface area contributed by atoms with Gasteiger partial charge in [0.05, 0.1) is 23.1 Å². The number of nitrogens with zero attached hydrogens (tertiary/aromatic N) is 3. The van der Waals surface area contributed by atoms with Gasteiger partial charge in [-0.25, -0.2) is 8.42 Å². The number of hydrogen-bond acceptors (Lipinski definition) is 5. The molecule has 1 aromatic carbocycles. The molecule has 0 saturated heterocycles. The number of benzene rings is 1. The first kappa shape index (κ1) is 17.4. The van der Waals surface area contributed by atoms with E-state index in [-0.39, 0.29) is 5.91 Å². The molecule has 1 aliphatic rings. The van der Waals surface area contributed by atoms with Crippen LogP contribution in [0, 0.1) is 0 Å². The Morgan fingerprint density at radius 1 is 1.19 bits per heavy atom. The summed E-state index contributed by atoms with van der Waals surface area (Å²) >= 11 is 0. The molecule has 3 heterocycles. The van der Waals surface area contributed by atoms with Crippen molar-refractivity contribution in [3.05, 3.63) is 60.0 Å². The van der Waals surface area contributed by atoms with E-state index in [1.807, 2.05) is 0 Å². The third kappa shape index (κ3) is 3.35. The van der Waals surface area contributed by atoms with Crippen molar-refractivity contribution in [3.8, 4) is 0 Å². The number of rotatable bonds is 3. The number of amides is 1. The quantitative estimate of drug-likeness (QED) is 0.752. The Kier molecular flexibility index (Phi) is 4.27. The van der Waals surface area contributed by atoms with Crippen molar-refractivity contribution in [2.45, 2.75) is 12.8 Å². The van der Waals surface area contributed by atoms with Gasteiger partial charge in [0.1, 0.15) is 0 Å². The van der Waals surface area contributed by atoms with Gasteiger partial charge in [-0.15, -0.1) is 0 Å². The van der Waals surface area contributed by atoms with E-state index in [0.717, 1.165) is 29.3 Å². The molecule has 4 rings (SSSR count). The number of sulfonamides is 1. The summed E-state index contributed by atoms with van der Waals surface area (Å²) in [5.41, 5.74) is 3.38. The van der Waals surface area contributed by atoms with Crippen molar-refractivity contribution in [1.29, 1.82) is 0 Å². The third-order valence-electron chi connectivity index (χ3n) is 4.61. The lowest BCUT2D eigenvalue weighted by atomic mass is 10.0. The van der Waals surface area contributed by atoms with Gasteiger partial charge in [-0.05, 0) is 48.7 Å². The molecule has 0 saturated carbocycles. The van der Waals surface area contributed by atoms with E-state index in [1.54, 1.807) is 48.9 Å². The second-order valence-electron chi connectivity index (χ2n) is 6.49. The van der Waals surface area contributed by atoms with E-state index in [1.165, 1.54) is 10.6 Å². The largest absolute Gasteiger partial charge is 0.321 e. The maximum absolute atomic E-state index is 12.7. The summed E-state index contributed by atoms with van der Waals surface area (Å²) in [6, 6.07) is 8.63. The Morgan fingerprint density at radius 2 is 2.04 bits per heavy atom. The number of fused-ring (bicyclic) bond motifs is 2. The molecule has 0 fully saturated rings. The van der Waals surface area contributed by atoms with Crippen LogP contribution in [0.3, 0.4) is 0 Å². The van der Waals surface area contributed by atoms with Crippen LogP contribution < -0.4 is 9.62 Å². The Labute approximate surface area is 157 Å². The second-order valence-corrected chi connectivity index (χ2v) is 8.39. The molecule has 1 aliphatic heterocycles. The number of nitrogens with one attached hydrogen (secondary N) is 1. The molecule has 0 radical (unpaired) electrons. The number of aromatic nitrogens is 2. The van der Waals surface area contributed by atoms with Crippen LogP contribution in [0.4, 0.5) is 11.4 Å². The molecule has 0 bridgehead atoms. The van der Waals surface area contributed by atoms with Crippen LogP contribution in [0.5, 0.6) is 0 Å². The summed E-state index contributed by atoms with van der Waals surface area (Å²) in [4.78, 5) is 21.1. The van der Waals surface area contributed by atoms with Gasteiger partial charge in [0, 0.05) is 36.1 Å². The van der Waals surface area contributed by atoms with Gasteiger partial charge in [0.15, 0.2) is 0 Å². The van der Waals surface area contributed by atoms with Crippen molar-refractivity contribution in [2.75, 3.05) is 22.4 Å². The first-order valence-electron chi connectivity index (χ1n) is 8.54. The van der Waals surface area contributed by atoms with Gasteiger partial charge in [-0.1, -0.05) is 0 Å². The summed E-state index contributed by atoms with van der Waals surface area (Å²) < 4.78 is 25.3. The van der Waals surface area contributed by atoms with Crippen molar-refractivity contribution < 1.29 is 13.2 Å². The molecule has 3 aromatic rings. The van der Waals surface area contributed by atoms with Gasteiger partial charge in [0.25, 0.3) is 5.91 Å². The lowest BCUT2D eigenvalue weighted by molar-refractivity contribution is 0.102. The number of hydrogen-bond donors (Lipinski definition) is 1. The molecule has 0 atom stereocenters. The van der Waals surface area contributed by atoms with Crippen LogP contribution in [0.2, 0.25) is 0 Å². The average Bonchev–Trinajstić information content (AvgIpc) is 2.66. The van der Waals surface area contributed by atoms with Crippen molar-refractivity contribution >= 4 is 38.2 Å². The smallest absolute Gasteiger partial charge is 0.255 e. The fraction of sp³-hybridized carbons (Fsp3) is 0.211. The van der Waals surface area contributed by atoms with Crippen LogP contribution in [0.25, 0.3) is 10.9 Å². The standard InChI is InChI=1S/C19H18N4O3S/c1-27(25,26)23-10-2-3-13-11-14(4-5-18(13)23)19(24)22-17-7-9-21-16-6-8-20-12-15(16)17/h4-9,11-12H,2-3,10H2,1H3,(H,21,22,24). The Bertz CT molecular complexity index is 1140. The zero-order chi connectivity index (χ0) is 19.0. The molecular formula is C19H18N4O3S. The van der Waals surface area contributed by atoms with Gasteiger partial charge >= 0.3 is 0 Å². The lowest BCUT2D eigenvalue weighted by Gasteiger charge is -2.29. The summed E-state index contributed by atoms with van der Waals surface area (Å²) in [6.07, 6.45) is 7.61. The number of anilines is 2. The average molecular weight is 382 g/mol. The molecule has 138 valence electrons. The fourth-order valence-corrected chi connectivity index (χ4v) is 4.34. The predicted molar refractivity (Wildman–Crippen MR) is 104 cm³/mol. The maximum Gasteiger partial charge on any atom is 0.255 e. The van der Waals surface area contributed by atoms with E-state index in [0.29, 0.717) is 23.5 Å². The molecule has 0 aliphatic carbocycles. The fourth-order valence-electron chi connectivity index (χ4n) is 3.34. The van der Waals surface area contributed by atoms with E-state index in [9.17, 15) is 13.2 Å². The predicted octanol–water partition coefficient (Wildman–Crippen LogP) is 2.59. The molecule has 1 amide bonds. The molecular weight excluding hydrogens is 364 g/mol. The molecule has 7 nitrogen and oxygen atoms in total. The van der Waals surface area contributed by atoms with E-state index in [2.05, 4.69) is 15.3 Å². The minimum absolute atomic E-state index is 0.259. The topological polar surface area (TPSA) is 92.3 Å². The normalized spacial score (nSPS) is 14.0. The van der Waals surface area contributed by atoms with Gasteiger partial charge < -0.3 is 5.32 Å². The Balaban J connectivity index is 1.65. The summed E-state index contributed by atoms with van der Waals surface area (Å²) in [6.45, 7) is 0.466. The highest BCUT2D eigenvalue weighted by atomic mass is 32.2. The van der Waals surface area contributed by atoms with E-state index < -0.39 is 10.0 Å². The third-order valence-corrected chi connectivity index (χ3v) is 5.79. The number of carbonyl (C=O) groups is 1. The first-order chi connectivity index (χ1) is 12.9. The van der Waals surface area contributed by atoms with Crippen LogP contribution in [0.1, 0.15) is 22.3 Å². The Hall–Kier alpha value is -3.00. The van der Waals surface area contributed by atoms with Crippen LogP contribution in [-0.2, 0) is 16.4 Å². The van der Waals surface area contributed by atoms with Gasteiger partial charge in [-0.2, -0.15) is 0 Å². The SMILES string of the molecule is CS(=O)(=O)N1CCCc2cc(C(=O)Nc3ccnc4ccncc34)ccc21. The summed E-state index contributed by atoms with van der Waals surface area (Å²) in [7, 11) is -3.33. The van der Waals surface area contributed by atoms with Crippen LogP contribution >= 0.6 is 0 Å². The molecule has 27 heavy (non-hydrogen) atoms. The van der Waals surface area contributed by atoms with Crippen LogP contribution in [0.15, 0.2) is 48.9 Å². The lowest BCUT2D eigenvalue weighted by Crippen LogP contribution is -2.34. The maximum atomic E-state index is 12.7. The van der Waals surface area contributed by atoms with Crippen molar-refractivity contribution in [1.82, 2.24) is 9.97 Å². The zero-order valence-electron chi connectivity index (χ0n) is 14.7. The second kappa shape index (κ2) is 6.62. The van der Waals surface area contributed by atoms with E-state index in [4.69, 9.17) is 0 Å². The van der Waals surface area contributed by atoms with Gasteiger partial charge in [0.2, 0.25) is 10.0 Å². The zero-order valence-corrected chi connectivity index (χ0v) is 15.5.